The second-order valence-corrected chi connectivity index (χ2v) is 4.99. The van der Waals surface area contributed by atoms with Crippen LogP contribution in [-0.2, 0) is 9.84 Å². The lowest BCUT2D eigenvalue weighted by Crippen LogP contribution is -2.02. The first-order valence-electron chi connectivity index (χ1n) is 5.85. The minimum Gasteiger partial charge on any atom is -0.224 e. The zero-order valence-corrected chi connectivity index (χ0v) is 12.1. The van der Waals surface area contributed by atoms with Crippen molar-refractivity contribution in [3.63, 3.8) is 0 Å². The maximum atomic E-state index is 11.3. The Morgan fingerprint density at radius 3 is 1.62 bits per heavy atom. The van der Waals surface area contributed by atoms with E-state index in [1.165, 1.54) is 0 Å². The smallest absolute Gasteiger partial charge is 0.178 e. The molecule has 0 aliphatic rings. The van der Waals surface area contributed by atoms with Crippen LogP contribution < -0.4 is 0 Å². The minimum atomic E-state index is -3.01. The van der Waals surface area contributed by atoms with Gasteiger partial charge in [0, 0.05) is 0 Å². The number of hydrogen-bond donors (Lipinski definition) is 0. The van der Waals surface area contributed by atoms with Crippen molar-refractivity contribution >= 4 is 9.84 Å². The highest BCUT2D eigenvalue weighted by atomic mass is 32.2. The lowest BCUT2D eigenvalue weighted by Gasteiger charge is -2.00. The Kier molecular flexibility index (Phi) is 10.3. The average molecular weight is 244 g/mol. The number of benzene rings is 1. The van der Waals surface area contributed by atoms with Gasteiger partial charge in [0.25, 0.3) is 0 Å². The van der Waals surface area contributed by atoms with Crippen molar-refractivity contribution in [3.05, 3.63) is 29.8 Å². The molecule has 1 aromatic rings. The fraction of sp³-hybridized carbons (Fsp3) is 0.538. The molecule has 0 heterocycles. The van der Waals surface area contributed by atoms with Crippen LogP contribution in [0.3, 0.4) is 0 Å². The van der Waals surface area contributed by atoms with Gasteiger partial charge in [0.05, 0.1) is 10.6 Å². The first kappa shape index (κ1) is 17.6. The number of aryl methyl sites for hydroxylation is 1. The van der Waals surface area contributed by atoms with Gasteiger partial charge in [-0.2, -0.15) is 0 Å². The molecule has 3 heteroatoms. The van der Waals surface area contributed by atoms with Crippen LogP contribution in [0.2, 0.25) is 0 Å². The summed E-state index contributed by atoms with van der Waals surface area (Å²) >= 11 is 0. The Morgan fingerprint density at radius 2 is 1.31 bits per heavy atom. The van der Waals surface area contributed by atoms with Crippen LogP contribution in [0.5, 0.6) is 0 Å². The summed E-state index contributed by atoms with van der Waals surface area (Å²) in [5.41, 5.74) is 1.07. The SMILES string of the molecule is CC.CC.CCS(=O)(=O)c1ccc(C)cc1. The average Bonchev–Trinajstić information content (AvgIpc) is 2.35. The summed E-state index contributed by atoms with van der Waals surface area (Å²) in [5.74, 6) is 0.163. The fourth-order valence-corrected chi connectivity index (χ4v) is 1.80. The molecule has 94 valence electrons. The van der Waals surface area contributed by atoms with Crippen LogP contribution >= 0.6 is 0 Å². The van der Waals surface area contributed by atoms with Crippen LogP contribution in [-0.4, -0.2) is 14.2 Å². The number of rotatable bonds is 2. The van der Waals surface area contributed by atoms with Crippen molar-refractivity contribution in [2.45, 2.75) is 46.4 Å². The molecule has 0 saturated carbocycles. The summed E-state index contributed by atoms with van der Waals surface area (Å²) < 4.78 is 22.6. The van der Waals surface area contributed by atoms with Crippen molar-refractivity contribution in [2.75, 3.05) is 5.75 Å². The number of sulfone groups is 1. The third-order valence-corrected chi connectivity index (χ3v) is 3.51. The third-order valence-electron chi connectivity index (χ3n) is 1.76. The Bertz CT molecular complexity index is 350. The van der Waals surface area contributed by atoms with E-state index in [0.717, 1.165) is 5.56 Å². The monoisotopic (exact) mass is 244 g/mol. The molecule has 16 heavy (non-hydrogen) atoms. The van der Waals surface area contributed by atoms with Gasteiger partial charge in [-0.1, -0.05) is 52.3 Å². The van der Waals surface area contributed by atoms with Gasteiger partial charge in [-0.05, 0) is 19.1 Å². The lowest BCUT2D eigenvalue weighted by molar-refractivity contribution is 0.597. The van der Waals surface area contributed by atoms with Crippen LogP contribution in [0, 0.1) is 6.92 Å². The van der Waals surface area contributed by atoms with Crippen molar-refractivity contribution < 1.29 is 8.42 Å². The van der Waals surface area contributed by atoms with Gasteiger partial charge < -0.3 is 0 Å². The van der Waals surface area contributed by atoms with E-state index in [-0.39, 0.29) is 5.75 Å². The third kappa shape index (κ3) is 5.91. The Hall–Kier alpha value is -0.830. The Labute approximate surface area is 101 Å². The lowest BCUT2D eigenvalue weighted by atomic mass is 10.2. The molecule has 0 aromatic heterocycles. The molecule has 0 N–H and O–H groups in total. The fourth-order valence-electron chi connectivity index (χ4n) is 0.912. The van der Waals surface area contributed by atoms with Gasteiger partial charge in [-0.3, -0.25) is 0 Å². The topological polar surface area (TPSA) is 34.1 Å². The molecule has 0 atom stereocenters. The molecule has 0 aliphatic heterocycles. The Morgan fingerprint density at radius 1 is 0.938 bits per heavy atom. The number of hydrogen-bond acceptors (Lipinski definition) is 2. The molecule has 0 radical (unpaired) electrons. The standard InChI is InChI=1S/C9H12O2S.2C2H6/c1-3-12(10,11)9-6-4-8(2)5-7-9;2*1-2/h4-7H,3H2,1-2H3;2*1-2H3. The molecule has 2 nitrogen and oxygen atoms in total. The van der Waals surface area contributed by atoms with E-state index < -0.39 is 9.84 Å². The zero-order valence-electron chi connectivity index (χ0n) is 11.2. The van der Waals surface area contributed by atoms with Gasteiger partial charge in [-0.25, -0.2) is 8.42 Å². The van der Waals surface area contributed by atoms with Gasteiger partial charge in [0.2, 0.25) is 0 Å². The van der Waals surface area contributed by atoms with E-state index in [4.69, 9.17) is 0 Å². The predicted molar refractivity (Wildman–Crippen MR) is 71.6 cm³/mol. The summed E-state index contributed by atoms with van der Waals surface area (Å²) in [6.45, 7) is 11.6. The molecule has 0 bridgehead atoms. The quantitative estimate of drug-likeness (QED) is 0.792. The first-order valence-corrected chi connectivity index (χ1v) is 7.51. The van der Waals surface area contributed by atoms with Crippen LogP contribution in [0.25, 0.3) is 0 Å². The van der Waals surface area contributed by atoms with E-state index in [9.17, 15) is 8.42 Å². The predicted octanol–water partition coefficient (Wildman–Crippen LogP) is 3.84. The molecule has 1 aromatic carbocycles. The van der Waals surface area contributed by atoms with E-state index in [1.807, 2.05) is 46.8 Å². The highest BCUT2D eigenvalue weighted by molar-refractivity contribution is 7.91. The summed E-state index contributed by atoms with van der Waals surface area (Å²) in [5, 5.41) is 0. The van der Waals surface area contributed by atoms with E-state index in [0.29, 0.717) is 4.90 Å². The second-order valence-electron chi connectivity index (χ2n) is 2.72. The van der Waals surface area contributed by atoms with Crippen molar-refractivity contribution in [3.8, 4) is 0 Å². The van der Waals surface area contributed by atoms with Crippen LogP contribution in [0.15, 0.2) is 29.2 Å². The zero-order chi connectivity index (χ0) is 13.2. The van der Waals surface area contributed by atoms with Crippen LogP contribution in [0.4, 0.5) is 0 Å². The molecular formula is C13H24O2S. The van der Waals surface area contributed by atoms with Crippen LogP contribution in [0.1, 0.15) is 40.2 Å². The minimum absolute atomic E-state index is 0.163. The molecule has 1 rings (SSSR count). The first-order chi connectivity index (χ1) is 7.56. The molecule has 0 fully saturated rings. The summed E-state index contributed by atoms with van der Waals surface area (Å²) in [4.78, 5) is 0.413. The van der Waals surface area contributed by atoms with Gasteiger partial charge in [-0.15, -0.1) is 0 Å². The van der Waals surface area contributed by atoms with E-state index >= 15 is 0 Å². The van der Waals surface area contributed by atoms with E-state index in [2.05, 4.69) is 0 Å². The van der Waals surface area contributed by atoms with Crippen molar-refractivity contribution in [1.82, 2.24) is 0 Å². The molecule has 0 aliphatic carbocycles. The second kappa shape index (κ2) is 9.40. The molecular weight excluding hydrogens is 220 g/mol. The maximum absolute atomic E-state index is 11.3. The molecule has 0 spiro atoms. The summed E-state index contributed by atoms with van der Waals surface area (Å²) in [6, 6.07) is 6.91. The van der Waals surface area contributed by atoms with Gasteiger partial charge in [0.15, 0.2) is 9.84 Å². The normalized spacial score (nSPS) is 9.38. The van der Waals surface area contributed by atoms with E-state index in [1.54, 1.807) is 19.1 Å². The highest BCUT2D eigenvalue weighted by Crippen LogP contribution is 2.11. The summed E-state index contributed by atoms with van der Waals surface area (Å²) in [7, 11) is -3.01. The van der Waals surface area contributed by atoms with Crippen molar-refractivity contribution in [2.24, 2.45) is 0 Å². The largest absolute Gasteiger partial charge is 0.224 e. The molecule has 0 unspecified atom stereocenters. The maximum Gasteiger partial charge on any atom is 0.178 e. The van der Waals surface area contributed by atoms with Gasteiger partial charge in [0.1, 0.15) is 0 Å². The summed E-state index contributed by atoms with van der Waals surface area (Å²) in [6.07, 6.45) is 0. The van der Waals surface area contributed by atoms with Gasteiger partial charge >= 0.3 is 0 Å². The highest BCUT2D eigenvalue weighted by Gasteiger charge is 2.09. The van der Waals surface area contributed by atoms with Crippen molar-refractivity contribution in [1.29, 1.82) is 0 Å². The Balaban J connectivity index is 0. The molecule has 0 amide bonds. The molecule has 0 saturated heterocycles.